The van der Waals surface area contributed by atoms with Gasteiger partial charge in [0.2, 0.25) is 11.8 Å². The Morgan fingerprint density at radius 2 is 1.41 bits per heavy atom. The molecule has 1 aromatic rings. The number of carbonyl (C=O) groups is 3. The molecule has 1 aromatic carbocycles. The van der Waals surface area contributed by atoms with Crippen LogP contribution in [0.15, 0.2) is 18.2 Å². The Morgan fingerprint density at radius 3 is 1.93 bits per heavy atom. The molecule has 0 atom stereocenters. The van der Waals surface area contributed by atoms with Gasteiger partial charge in [-0.05, 0) is 38.3 Å². The number of benzene rings is 1. The highest BCUT2D eigenvalue weighted by molar-refractivity contribution is 5.84. The van der Waals surface area contributed by atoms with Crippen LogP contribution in [0, 0.1) is 13.8 Å². The van der Waals surface area contributed by atoms with Gasteiger partial charge < -0.3 is 19.3 Å². The van der Waals surface area contributed by atoms with Gasteiger partial charge in [-0.15, -0.1) is 0 Å². The summed E-state index contributed by atoms with van der Waals surface area (Å²) in [6.45, 7) is 8.25. The van der Waals surface area contributed by atoms with Crippen molar-refractivity contribution in [2.45, 2.75) is 46.5 Å². The molecule has 0 saturated carbocycles. The van der Waals surface area contributed by atoms with Crippen molar-refractivity contribution in [3.63, 3.8) is 0 Å². The van der Waals surface area contributed by atoms with E-state index in [1.165, 1.54) is 6.92 Å². The Kier molecular flexibility index (Phi) is 7.82. The monoisotopic (exact) mass is 374 g/mol. The number of Topliss-reactive ketones (excluding diaryl/α,β-unsaturated/α-hetero) is 1. The van der Waals surface area contributed by atoms with Crippen LogP contribution < -0.4 is 4.74 Å². The molecule has 27 heavy (non-hydrogen) atoms. The molecule has 1 fully saturated rings. The molecular formula is C21H30N2O4. The van der Waals surface area contributed by atoms with Gasteiger partial charge in [-0.25, -0.2) is 0 Å². The molecule has 0 bridgehead atoms. The topological polar surface area (TPSA) is 66.9 Å². The zero-order valence-corrected chi connectivity index (χ0v) is 16.6. The predicted octanol–water partition coefficient (Wildman–Crippen LogP) is 2.50. The van der Waals surface area contributed by atoms with Gasteiger partial charge >= 0.3 is 0 Å². The van der Waals surface area contributed by atoms with E-state index in [0.29, 0.717) is 52.0 Å². The fourth-order valence-electron chi connectivity index (χ4n) is 3.23. The molecule has 1 aliphatic rings. The Morgan fingerprint density at radius 1 is 0.889 bits per heavy atom. The molecule has 0 unspecified atom stereocenters. The van der Waals surface area contributed by atoms with Crippen LogP contribution >= 0.6 is 0 Å². The normalized spacial score (nSPS) is 14.2. The first kappa shape index (κ1) is 20.9. The van der Waals surface area contributed by atoms with Gasteiger partial charge in [-0.2, -0.15) is 0 Å². The second-order valence-corrected chi connectivity index (χ2v) is 7.14. The molecule has 0 aliphatic carbocycles. The molecule has 2 amide bonds. The molecule has 2 rings (SSSR count). The number of hydrogen-bond acceptors (Lipinski definition) is 4. The summed E-state index contributed by atoms with van der Waals surface area (Å²) in [7, 11) is 0. The lowest BCUT2D eigenvalue weighted by Crippen LogP contribution is -2.50. The van der Waals surface area contributed by atoms with E-state index in [1.807, 2.05) is 36.9 Å². The lowest BCUT2D eigenvalue weighted by Gasteiger charge is -2.35. The van der Waals surface area contributed by atoms with Crippen molar-refractivity contribution in [3.05, 3.63) is 29.3 Å². The fourth-order valence-corrected chi connectivity index (χ4v) is 3.23. The number of amides is 2. The minimum Gasteiger partial charge on any atom is -0.493 e. The van der Waals surface area contributed by atoms with E-state index in [9.17, 15) is 14.4 Å². The first-order chi connectivity index (χ1) is 12.9. The van der Waals surface area contributed by atoms with Gasteiger partial charge in [0.1, 0.15) is 11.5 Å². The third kappa shape index (κ3) is 6.38. The van der Waals surface area contributed by atoms with E-state index in [0.717, 1.165) is 16.9 Å². The number of hydrogen-bond donors (Lipinski definition) is 0. The maximum atomic E-state index is 12.4. The van der Waals surface area contributed by atoms with Crippen LogP contribution in [0.1, 0.15) is 43.7 Å². The number of piperazine rings is 1. The maximum Gasteiger partial charge on any atom is 0.223 e. The highest BCUT2D eigenvalue weighted by Crippen LogP contribution is 2.22. The predicted molar refractivity (Wildman–Crippen MR) is 104 cm³/mol. The van der Waals surface area contributed by atoms with Gasteiger partial charge in [0, 0.05) is 45.4 Å². The lowest BCUT2D eigenvalue weighted by atomic mass is 10.1. The first-order valence-electron chi connectivity index (χ1n) is 9.62. The van der Waals surface area contributed by atoms with Crippen molar-refractivity contribution in [1.82, 2.24) is 9.80 Å². The zero-order valence-electron chi connectivity index (χ0n) is 16.6. The molecule has 1 heterocycles. The minimum absolute atomic E-state index is 0.000648. The van der Waals surface area contributed by atoms with Crippen molar-refractivity contribution in [1.29, 1.82) is 0 Å². The maximum absolute atomic E-state index is 12.4. The van der Waals surface area contributed by atoms with Crippen LogP contribution in [-0.2, 0) is 14.4 Å². The van der Waals surface area contributed by atoms with Crippen LogP contribution in [-0.4, -0.2) is 60.2 Å². The quantitative estimate of drug-likeness (QED) is 0.656. The number of nitrogens with zero attached hydrogens (tertiary/aromatic N) is 2. The van der Waals surface area contributed by atoms with Crippen molar-refractivity contribution in [3.8, 4) is 5.75 Å². The van der Waals surface area contributed by atoms with E-state index in [4.69, 9.17) is 4.74 Å². The number of rotatable bonds is 8. The number of para-hydroxylation sites is 1. The van der Waals surface area contributed by atoms with Crippen molar-refractivity contribution >= 4 is 17.6 Å². The summed E-state index contributed by atoms with van der Waals surface area (Å²) in [6, 6.07) is 6.04. The highest BCUT2D eigenvalue weighted by Gasteiger charge is 2.23. The first-order valence-corrected chi connectivity index (χ1v) is 9.62. The van der Waals surface area contributed by atoms with Crippen molar-refractivity contribution in [2.75, 3.05) is 32.8 Å². The Bertz CT molecular complexity index is 659. The van der Waals surface area contributed by atoms with Gasteiger partial charge in [0.25, 0.3) is 0 Å². The minimum atomic E-state index is -0.000648. The van der Waals surface area contributed by atoms with E-state index in [2.05, 4.69) is 0 Å². The largest absolute Gasteiger partial charge is 0.493 e. The summed E-state index contributed by atoms with van der Waals surface area (Å²) in [5.74, 6) is 1.04. The molecule has 0 radical (unpaired) electrons. The molecule has 148 valence electrons. The third-order valence-electron chi connectivity index (χ3n) is 4.87. The van der Waals surface area contributed by atoms with Gasteiger partial charge in [0.05, 0.1) is 6.61 Å². The van der Waals surface area contributed by atoms with Crippen LogP contribution in [0.5, 0.6) is 5.75 Å². The molecule has 6 heteroatoms. The van der Waals surface area contributed by atoms with E-state index in [1.54, 1.807) is 4.90 Å². The molecular weight excluding hydrogens is 344 g/mol. The second-order valence-electron chi connectivity index (χ2n) is 7.14. The number of aryl methyl sites for hydroxylation is 2. The molecule has 0 aromatic heterocycles. The summed E-state index contributed by atoms with van der Waals surface area (Å²) in [5, 5.41) is 0. The third-order valence-corrected chi connectivity index (χ3v) is 4.87. The van der Waals surface area contributed by atoms with Gasteiger partial charge in [0.15, 0.2) is 0 Å². The summed E-state index contributed by atoms with van der Waals surface area (Å²) >= 11 is 0. The molecule has 1 aliphatic heterocycles. The fraction of sp³-hybridized carbons (Fsp3) is 0.571. The molecule has 6 nitrogen and oxygen atoms in total. The van der Waals surface area contributed by atoms with Crippen LogP contribution in [0.3, 0.4) is 0 Å². The average molecular weight is 374 g/mol. The lowest BCUT2D eigenvalue weighted by molar-refractivity contribution is -0.140. The Balaban J connectivity index is 1.67. The van der Waals surface area contributed by atoms with Gasteiger partial charge in [-0.1, -0.05) is 18.2 Å². The van der Waals surface area contributed by atoms with Crippen molar-refractivity contribution < 1.29 is 19.1 Å². The van der Waals surface area contributed by atoms with Gasteiger partial charge in [-0.3, -0.25) is 9.59 Å². The number of carbonyl (C=O) groups excluding carboxylic acids is 3. The standard InChI is InChI=1S/C21H30N2O4/c1-16-6-4-7-17(2)21(16)27-15-5-8-19(25)22-11-13-23(14-12-22)20(26)10-9-18(3)24/h4,6-7H,5,8-15H2,1-3H3. The number of ether oxygens (including phenoxy) is 1. The summed E-state index contributed by atoms with van der Waals surface area (Å²) in [6.07, 6.45) is 1.67. The summed E-state index contributed by atoms with van der Waals surface area (Å²) < 4.78 is 5.85. The molecule has 0 N–H and O–H groups in total. The smallest absolute Gasteiger partial charge is 0.223 e. The Labute approximate surface area is 161 Å². The highest BCUT2D eigenvalue weighted by atomic mass is 16.5. The summed E-state index contributed by atoms with van der Waals surface area (Å²) in [4.78, 5) is 38.9. The molecule has 1 saturated heterocycles. The average Bonchev–Trinajstić information content (AvgIpc) is 2.65. The molecule has 0 spiro atoms. The van der Waals surface area contributed by atoms with Crippen LogP contribution in [0.25, 0.3) is 0 Å². The van der Waals surface area contributed by atoms with E-state index in [-0.39, 0.29) is 24.0 Å². The Hall–Kier alpha value is -2.37. The van der Waals surface area contributed by atoms with E-state index >= 15 is 0 Å². The van der Waals surface area contributed by atoms with Crippen LogP contribution in [0.2, 0.25) is 0 Å². The number of ketones is 1. The SMILES string of the molecule is CC(=O)CCC(=O)N1CCN(C(=O)CCCOc2c(C)cccc2C)CC1. The van der Waals surface area contributed by atoms with E-state index < -0.39 is 0 Å². The second kappa shape index (κ2) is 10.1. The van der Waals surface area contributed by atoms with Crippen LogP contribution in [0.4, 0.5) is 0 Å². The summed E-state index contributed by atoms with van der Waals surface area (Å²) in [5.41, 5.74) is 2.21. The van der Waals surface area contributed by atoms with Crippen molar-refractivity contribution in [2.24, 2.45) is 0 Å². The zero-order chi connectivity index (χ0) is 19.8.